The maximum atomic E-state index is 14.0. The number of ether oxygens (including phenoxy) is 5. The second-order valence-electron chi connectivity index (χ2n) is 8.64. The Morgan fingerprint density at radius 1 is 1.03 bits per heavy atom. The molecule has 0 spiro atoms. The first-order valence-corrected chi connectivity index (χ1v) is 12.0. The number of rotatable bonds is 7. The van der Waals surface area contributed by atoms with Gasteiger partial charge in [-0.15, -0.1) is 0 Å². The van der Waals surface area contributed by atoms with Gasteiger partial charge in [-0.05, 0) is 56.2 Å². The zero-order valence-corrected chi connectivity index (χ0v) is 20.9. The predicted octanol–water partition coefficient (Wildman–Crippen LogP) is 3.95. The van der Waals surface area contributed by atoms with Crippen LogP contribution in [0.1, 0.15) is 42.1 Å². The van der Waals surface area contributed by atoms with Crippen LogP contribution in [0.4, 0.5) is 0 Å². The number of allylic oxidation sites excluding steroid dienone is 1. The van der Waals surface area contributed by atoms with Gasteiger partial charge in [-0.1, -0.05) is 12.1 Å². The summed E-state index contributed by atoms with van der Waals surface area (Å²) in [7, 11) is 0. The SMILES string of the molecule is CCOc1ccc([C@@H]2C(C#N)=C(N)Oc3cc(C)n(Cc4ccc5c(c4)OCO5)c(=O)c32)cc1OCC. The van der Waals surface area contributed by atoms with Crippen LogP contribution in [0.15, 0.2) is 58.7 Å². The minimum absolute atomic E-state index is 0.0286. The summed E-state index contributed by atoms with van der Waals surface area (Å²) in [5.74, 6) is 1.99. The van der Waals surface area contributed by atoms with Crippen molar-refractivity contribution in [2.45, 2.75) is 33.2 Å². The van der Waals surface area contributed by atoms with Gasteiger partial charge < -0.3 is 34.0 Å². The molecule has 37 heavy (non-hydrogen) atoms. The number of hydrogen-bond acceptors (Lipinski definition) is 8. The first-order chi connectivity index (χ1) is 17.9. The van der Waals surface area contributed by atoms with Gasteiger partial charge in [0, 0.05) is 11.8 Å². The number of fused-ring (bicyclic) bond motifs is 2. The van der Waals surface area contributed by atoms with Gasteiger partial charge in [-0.3, -0.25) is 4.79 Å². The van der Waals surface area contributed by atoms with E-state index in [1.165, 1.54) is 0 Å². The van der Waals surface area contributed by atoms with E-state index in [0.717, 1.165) is 5.56 Å². The molecule has 2 N–H and O–H groups in total. The standard InChI is InChI=1S/C28H27N3O6/c1-4-33-20-9-7-18(12-23(20)34-5-2)25-19(13-29)27(30)37-24-10-16(3)31(28(32)26(24)25)14-17-6-8-21-22(11-17)36-15-35-21/h6-12,25H,4-5,14-15,30H2,1-3H3/t25-/m1/s1. The second kappa shape index (κ2) is 9.82. The molecular formula is C28H27N3O6. The van der Waals surface area contributed by atoms with Crippen LogP contribution in [-0.4, -0.2) is 24.6 Å². The smallest absolute Gasteiger partial charge is 0.259 e. The van der Waals surface area contributed by atoms with Crippen LogP contribution in [0.3, 0.4) is 0 Å². The molecule has 1 atom stereocenters. The van der Waals surface area contributed by atoms with E-state index in [2.05, 4.69) is 6.07 Å². The van der Waals surface area contributed by atoms with Gasteiger partial charge in [0.15, 0.2) is 23.0 Å². The highest BCUT2D eigenvalue weighted by molar-refractivity contribution is 5.57. The van der Waals surface area contributed by atoms with Crippen molar-refractivity contribution in [1.29, 1.82) is 5.26 Å². The Kier molecular flexibility index (Phi) is 6.40. The molecule has 2 aromatic carbocycles. The average molecular weight is 502 g/mol. The number of aromatic nitrogens is 1. The Labute approximate surface area is 214 Å². The number of aryl methyl sites for hydroxylation is 1. The molecule has 190 valence electrons. The van der Waals surface area contributed by atoms with Gasteiger partial charge in [0.1, 0.15) is 17.4 Å². The molecule has 2 aliphatic rings. The van der Waals surface area contributed by atoms with Crippen molar-refractivity contribution in [2.75, 3.05) is 20.0 Å². The molecule has 0 saturated carbocycles. The molecule has 5 rings (SSSR count). The van der Waals surface area contributed by atoms with Crippen LogP contribution < -0.4 is 35.0 Å². The van der Waals surface area contributed by atoms with Crippen molar-refractivity contribution in [3.8, 4) is 34.8 Å². The van der Waals surface area contributed by atoms with Crippen LogP contribution in [0.5, 0.6) is 28.7 Å². The maximum Gasteiger partial charge on any atom is 0.259 e. The molecule has 1 aromatic heterocycles. The molecule has 0 radical (unpaired) electrons. The number of nitriles is 1. The molecule has 3 heterocycles. The fourth-order valence-electron chi connectivity index (χ4n) is 4.69. The molecule has 0 bridgehead atoms. The lowest BCUT2D eigenvalue weighted by Crippen LogP contribution is -2.33. The van der Waals surface area contributed by atoms with E-state index in [-0.39, 0.29) is 23.8 Å². The van der Waals surface area contributed by atoms with E-state index in [1.54, 1.807) is 22.8 Å². The van der Waals surface area contributed by atoms with E-state index < -0.39 is 5.92 Å². The third-order valence-electron chi connectivity index (χ3n) is 6.37. The summed E-state index contributed by atoms with van der Waals surface area (Å²) in [6.07, 6.45) is 0. The molecule has 0 fully saturated rings. The molecule has 9 nitrogen and oxygen atoms in total. The molecule has 0 saturated heterocycles. The van der Waals surface area contributed by atoms with Gasteiger partial charge in [-0.2, -0.15) is 5.26 Å². The van der Waals surface area contributed by atoms with Crippen molar-refractivity contribution in [3.05, 3.63) is 86.7 Å². The van der Waals surface area contributed by atoms with Crippen molar-refractivity contribution >= 4 is 0 Å². The zero-order valence-electron chi connectivity index (χ0n) is 20.9. The largest absolute Gasteiger partial charge is 0.490 e. The van der Waals surface area contributed by atoms with Gasteiger partial charge in [0.2, 0.25) is 12.7 Å². The summed E-state index contributed by atoms with van der Waals surface area (Å²) < 4.78 is 29.8. The highest BCUT2D eigenvalue weighted by Gasteiger charge is 2.35. The normalized spacial score (nSPS) is 15.6. The quantitative estimate of drug-likeness (QED) is 0.517. The number of benzene rings is 2. The Bertz CT molecular complexity index is 1500. The first-order valence-electron chi connectivity index (χ1n) is 12.0. The first kappa shape index (κ1) is 24.1. The molecule has 9 heteroatoms. The minimum Gasteiger partial charge on any atom is -0.490 e. The van der Waals surface area contributed by atoms with Crippen molar-refractivity contribution in [3.63, 3.8) is 0 Å². The molecule has 0 aliphatic carbocycles. The monoisotopic (exact) mass is 501 g/mol. The van der Waals surface area contributed by atoms with Gasteiger partial charge in [0.05, 0.1) is 31.2 Å². The summed E-state index contributed by atoms with van der Waals surface area (Å²) in [6.45, 7) is 6.97. The molecule has 0 unspecified atom stereocenters. The lowest BCUT2D eigenvalue weighted by molar-refractivity contribution is 0.174. The van der Waals surface area contributed by atoms with E-state index in [1.807, 2.05) is 45.0 Å². The second-order valence-corrected chi connectivity index (χ2v) is 8.64. The van der Waals surface area contributed by atoms with E-state index in [0.29, 0.717) is 65.3 Å². The van der Waals surface area contributed by atoms with E-state index in [9.17, 15) is 10.1 Å². The molecule has 0 amide bonds. The average Bonchev–Trinajstić information content (AvgIpc) is 3.35. The van der Waals surface area contributed by atoms with Crippen LogP contribution in [0, 0.1) is 18.3 Å². The highest BCUT2D eigenvalue weighted by Crippen LogP contribution is 2.43. The Morgan fingerprint density at radius 3 is 2.54 bits per heavy atom. The maximum absolute atomic E-state index is 14.0. The number of hydrogen-bond donors (Lipinski definition) is 1. The summed E-state index contributed by atoms with van der Waals surface area (Å²) in [4.78, 5) is 14.0. The van der Waals surface area contributed by atoms with Gasteiger partial charge in [0.25, 0.3) is 5.56 Å². The fourth-order valence-corrected chi connectivity index (χ4v) is 4.69. The summed E-state index contributed by atoms with van der Waals surface area (Å²) in [5, 5.41) is 10.0. The topological polar surface area (TPSA) is 118 Å². The van der Waals surface area contributed by atoms with Crippen LogP contribution >= 0.6 is 0 Å². The molecule has 3 aromatic rings. The third kappa shape index (κ3) is 4.31. The predicted molar refractivity (Wildman–Crippen MR) is 135 cm³/mol. The summed E-state index contributed by atoms with van der Waals surface area (Å²) in [6, 6.07) is 14.9. The van der Waals surface area contributed by atoms with Gasteiger partial charge >= 0.3 is 0 Å². The highest BCUT2D eigenvalue weighted by atomic mass is 16.7. The minimum atomic E-state index is -0.736. The molecule has 2 aliphatic heterocycles. The Morgan fingerprint density at radius 2 is 1.78 bits per heavy atom. The zero-order chi connectivity index (χ0) is 26.1. The van der Waals surface area contributed by atoms with Crippen LogP contribution in [0.25, 0.3) is 0 Å². The fraction of sp³-hybridized carbons (Fsp3) is 0.286. The lowest BCUT2D eigenvalue weighted by atomic mass is 9.83. The Balaban J connectivity index is 1.64. The van der Waals surface area contributed by atoms with Crippen LogP contribution in [0.2, 0.25) is 0 Å². The molecular weight excluding hydrogens is 474 g/mol. The summed E-state index contributed by atoms with van der Waals surface area (Å²) in [5.41, 5.74) is 8.63. The number of pyridine rings is 1. The van der Waals surface area contributed by atoms with Gasteiger partial charge in [-0.25, -0.2) is 0 Å². The van der Waals surface area contributed by atoms with Crippen molar-refractivity contribution < 1.29 is 23.7 Å². The van der Waals surface area contributed by atoms with E-state index >= 15 is 0 Å². The van der Waals surface area contributed by atoms with E-state index in [4.69, 9.17) is 29.4 Å². The van der Waals surface area contributed by atoms with Crippen molar-refractivity contribution in [1.82, 2.24) is 4.57 Å². The Hall–Kier alpha value is -4.58. The van der Waals surface area contributed by atoms with Crippen molar-refractivity contribution in [2.24, 2.45) is 5.73 Å². The number of nitrogens with zero attached hydrogens (tertiary/aromatic N) is 2. The summed E-state index contributed by atoms with van der Waals surface area (Å²) >= 11 is 0. The lowest BCUT2D eigenvalue weighted by Gasteiger charge is -2.28. The number of nitrogens with two attached hydrogens (primary N) is 1. The third-order valence-corrected chi connectivity index (χ3v) is 6.37. The van der Waals surface area contributed by atoms with Crippen LogP contribution in [-0.2, 0) is 6.54 Å².